The number of hydrogen-bond acceptors (Lipinski definition) is 3. The third-order valence-electron chi connectivity index (χ3n) is 2.54. The molecule has 0 heterocycles. The van der Waals surface area contributed by atoms with Gasteiger partial charge in [0.05, 0.1) is 0 Å². The first-order valence-corrected chi connectivity index (χ1v) is 7.41. The van der Waals surface area contributed by atoms with Crippen LogP contribution in [0, 0.1) is 0 Å². The summed E-state index contributed by atoms with van der Waals surface area (Å²) < 4.78 is 11.0. The van der Waals surface area contributed by atoms with Gasteiger partial charge in [-0.05, 0) is 32.4 Å². The highest BCUT2D eigenvalue weighted by molar-refractivity contribution is 7.84. The van der Waals surface area contributed by atoms with Crippen LogP contribution in [0.15, 0.2) is 0 Å². The summed E-state index contributed by atoms with van der Waals surface area (Å²) in [5.41, 5.74) is 0. The summed E-state index contributed by atoms with van der Waals surface area (Å²) in [4.78, 5) is 10.2. The van der Waals surface area contributed by atoms with E-state index in [1.54, 1.807) is 6.26 Å². The van der Waals surface area contributed by atoms with Crippen LogP contribution in [-0.4, -0.2) is 39.9 Å². The lowest BCUT2D eigenvalue weighted by molar-refractivity contribution is -0.137. The maximum absolute atomic E-state index is 11.0. The minimum atomic E-state index is -0.731. The van der Waals surface area contributed by atoms with Crippen molar-refractivity contribution in [3.63, 3.8) is 0 Å². The van der Waals surface area contributed by atoms with E-state index in [0.717, 1.165) is 38.8 Å². The molecule has 0 aliphatic carbocycles. The van der Waals surface area contributed by atoms with Crippen molar-refractivity contribution in [3.05, 3.63) is 0 Å². The van der Waals surface area contributed by atoms with Crippen molar-refractivity contribution in [1.82, 2.24) is 5.32 Å². The van der Waals surface area contributed by atoms with Gasteiger partial charge in [-0.25, -0.2) is 0 Å². The average molecular weight is 249 g/mol. The first kappa shape index (κ1) is 15.6. The first-order valence-electron chi connectivity index (χ1n) is 5.78. The number of hydrogen-bond donors (Lipinski definition) is 2. The molecule has 2 atom stereocenters. The molecule has 0 saturated carbocycles. The third kappa shape index (κ3) is 10.1. The van der Waals surface area contributed by atoms with Gasteiger partial charge < -0.3 is 10.4 Å². The lowest BCUT2D eigenvalue weighted by atomic mass is 10.2. The van der Waals surface area contributed by atoms with E-state index in [-0.39, 0.29) is 11.7 Å². The van der Waals surface area contributed by atoms with E-state index in [1.165, 1.54) is 0 Å². The fourth-order valence-electron chi connectivity index (χ4n) is 1.30. The van der Waals surface area contributed by atoms with Crippen LogP contribution >= 0.6 is 0 Å². The smallest absolute Gasteiger partial charge is 0.303 e. The van der Waals surface area contributed by atoms with Crippen molar-refractivity contribution in [1.29, 1.82) is 0 Å². The van der Waals surface area contributed by atoms with Gasteiger partial charge in [0.15, 0.2) is 0 Å². The molecule has 0 radical (unpaired) electrons. The van der Waals surface area contributed by atoms with Gasteiger partial charge in [-0.15, -0.1) is 0 Å². The number of carboxylic acids is 1. The molecule has 0 saturated heterocycles. The van der Waals surface area contributed by atoms with Crippen molar-refractivity contribution >= 4 is 16.8 Å². The maximum atomic E-state index is 11.0. The molecule has 0 aromatic rings. The highest BCUT2D eigenvalue weighted by atomic mass is 32.2. The van der Waals surface area contributed by atoms with E-state index in [1.807, 2.05) is 6.92 Å². The molecule has 4 nitrogen and oxygen atoms in total. The molecular weight excluding hydrogens is 226 g/mol. The minimum absolute atomic E-state index is 0.250. The number of carbonyl (C=O) groups is 1. The molecule has 0 aliphatic rings. The Balaban J connectivity index is 3.15. The summed E-state index contributed by atoms with van der Waals surface area (Å²) in [6.07, 6.45) is 5.65. The molecule has 0 fully saturated rings. The van der Waals surface area contributed by atoms with Crippen LogP contribution in [0.3, 0.4) is 0 Å². The maximum Gasteiger partial charge on any atom is 0.303 e. The van der Waals surface area contributed by atoms with Gasteiger partial charge in [-0.3, -0.25) is 9.00 Å². The molecule has 2 N–H and O–H groups in total. The van der Waals surface area contributed by atoms with Gasteiger partial charge in [-0.1, -0.05) is 13.3 Å². The highest BCUT2D eigenvalue weighted by Crippen LogP contribution is 2.00. The fraction of sp³-hybridized carbons (Fsp3) is 0.909. The van der Waals surface area contributed by atoms with Crippen LogP contribution < -0.4 is 5.32 Å². The largest absolute Gasteiger partial charge is 0.481 e. The molecule has 0 aliphatic heterocycles. The molecule has 0 bridgehead atoms. The topological polar surface area (TPSA) is 66.4 Å². The van der Waals surface area contributed by atoms with Crippen molar-refractivity contribution in [3.8, 4) is 0 Å². The van der Waals surface area contributed by atoms with Gasteiger partial charge in [0, 0.05) is 28.7 Å². The van der Waals surface area contributed by atoms with Crippen LogP contribution in [0.25, 0.3) is 0 Å². The second-order valence-electron chi connectivity index (χ2n) is 4.05. The SMILES string of the molecule is CC(CCNCCCCCC(=O)O)S(C)=O. The predicted octanol–water partition coefficient (Wildman–Crippen LogP) is 1.38. The normalized spacial score (nSPS) is 14.6. The van der Waals surface area contributed by atoms with E-state index < -0.39 is 16.8 Å². The molecule has 0 aromatic heterocycles. The summed E-state index contributed by atoms with van der Waals surface area (Å²) >= 11 is 0. The van der Waals surface area contributed by atoms with Crippen LogP contribution in [0.2, 0.25) is 0 Å². The van der Waals surface area contributed by atoms with Crippen molar-refractivity contribution in [2.75, 3.05) is 19.3 Å². The van der Waals surface area contributed by atoms with Crippen LogP contribution in [0.4, 0.5) is 0 Å². The number of carboxylic acid groups (broad SMARTS) is 1. The van der Waals surface area contributed by atoms with Crippen LogP contribution in [-0.2, 0) is 15.6 Å². The van der Waals surface area contributed by atoms with Crippen molar-refractivity contribution in [2.24, 2.45) is 0 Å². The summed E-state index contributed by atoms with van der Waals surface area (Å²) in [5.74, 6) is -0.716. The number of rotatable bonds is 10. The van der Waals surface area contributed by atoms with E-state index in [2.05, 4.69) is 5.32 Å². The quantitative estimate of drug-likeness (QED) is 0.574. The lowest BCUT2D eigenvalue weighted by Crippen LogP contribution is -2.22. The van der Waals surface area contributed by atoms with Gasteiger partial charge in [0.25, 0.3) is 0 Å². The van der Waals surface area contributed by atoms with E-state index in [0.29, 0.717) is 0 Å². The van der Waals surface area contributed by atoms with E-state index in [4.69, 9.17) is 5.11 Å². The second kappa shape index (κ2) is 9.78. The molecule has 0 aromatic carbocycles. The predicted molar refractivity (Wildman–Crippen MR) is 67.1 cm³/mol. The molecule has 16 heavy (non-hydrogen) atoms. The Hall–Kier alpha value is -0.420. The molecule has 0 spiro atoms. The highest BCUT2D eigenvalue weighted by Gasteiger charge is 2.04. The standard InChI is InChI=1S/C11H23NO3S/c1-10(16(2)15)7-9-12-8-5-3-4-6-11(13)14/h10,12H,3-9H2,1-2H3,(H,13,14). The molecule has 5 heteroatoms. The Kier molecular flexibility index (Phi) is 9.52. The number of aliphatic carboxylic acids is 1. The Morgan fingerprint density at radius 3 is 2.56 bits per heavy atom. The lowest BCUT2D eigenvalue weighted by Gasteiger charge is -2.08. The van der Waals surface area contributed by atoms with Gasteiger partial charge in [0.2, 0.25) is 0 Å². The number of nitrogens with one attached hydrogen (secondary N) is 1. The van der Waals surface area contributed by atoms with Crippen molar-refractivity contribution in [2.45, 2.75) is 44.3 Å². The Labute approximate surface area is 100 Å². The van der Waals surface area contributed by atoms with E-state index >= 15 is 0 Å². The zero-order chi connectivity index (χ0) is 12.4. The molecule has 96 valence electrons. The Bertz CT molecular complexity index is 221. The summed E-state index contributed by atoms with van der Waals surface area (Å²) in [6, 6.07) is 0. The second-order valence-corrected chi connectivity index (χ2v) is 5.85. The fourth-order valence-corrected chi connectivity index (χ4v) is 1.75. The van der Waals surface area contributed by atoms with Crippen LogP contribution in [0.5, 0.6) is 0 Å². The van der Waals surface area contributed by atoms with Gasteiger partial charge in [0.1, 0.15) is 0 Å². The number of unbranched alkanes of at least 4 members (excludes halogenated alkanes) is 2. The average Bonchev–Trinajstić information content (AvgIpc) is 2.21. The van der Waals surface area contributed by atoms with Gasteiger partial charge in [-0.2, -0.15) is 0 Å². The van der Waals surface area contributed by atoms with Crippen molar-refractivity contribution < 1.29 is 14.1 Å². The summed E-state index contributed by atoms with van der Waals surface area (Å²) in [5, 5.41) is 11.9. The van der Waals surface area contributed by atoms with E-state index in [9.17, 15) is 9.00 Å². The zero-order valence-electron chi connectivity index (χ0n) is 10.2. The monoisotopic (exact) mass is 249 g/mol. The Morgan fingerprint density at radius 2 is 2.00 bits per heavy atom. The first-order chi connectivity index (χ1) is 7.54. The summed E-state index contributed by atoms with van der Waals surface area (Å²) in [7, 11) is -0.731. The van der Waals surface area contributed by atoms with Crippen LogP contribution in [0.1, 0.15) is 39.0 Å². The molecule has 0 amide bonds. The molecular formula is C11H23NO3S. The Morgan fingerprint density at radius 1 is 1.31 bits per heavy atom. The summed E-state index contributed by atoms with van der Waals surface area (Å²) in [6.45, 7) is 3.80. The zero-order valence-corrected chi connectivity index (χ0v) is 11.0. The minimum Gasteiger partial charge on any atom is -0.481 e. The molecule has 0 rings (SSSR count). The third-order valence-corrected chi connectivity index (χ3v) is 3.91. The molecule has 2 unspecified atom stereocenters. The van der Waals surface area contributed by atoms with Gasteiger partial charge >= 0.3 is 5.97 Å².